The number of carbonyl (C=O) groups excluding carboxylic acids is 1. The second-order valence-corrected chi connectivity index (χ2v) is 5.73. The Bertz CT molecular complexity index is 307. The van der Waals surface area contributed by atoms with Crippen LogP contribution < -0.4 is 0 Å². The first kappa shape index (κ1) is 8.19. The lowest BCUT2D eigenvalue weighted by Gasteiger charge is -2.15. The van der Waals surface area contributed by atoms with Crippen LogP contribution in [0.4, 0.5) is 0 Å². The van der Waals surface area contributed by atoms with Crippen LogP contribution in [0.5, 0.6) is 0 Å². The summed E-state index contributed by atoms with van der Waals surface area (Å²) < 4.78 is 27.5. The molecule has 0 aromatic heterocycles. The largest absolute Gasteiger partial charge is 0.380 e. The Hall–Kier alpha value is -0.420. The standard InChI is InChI=1S/C7H10O4S/c8-3-7-4-11-1-6(7)2-12(9,10)5-7/h3,6H,1-2,4-5H2. The summed E-state index contributed by atoms with van der Waals surface area (Å²) in [6.45, 7) is 0.693. The summed E-state index contributed by atoms with van der Waals surface area (Å²) in [6, 6.07) is 0. The van der Waals surface area contributed by atoms with E-state index in [0.717, 1.165) is 6.29 Å². The van der Waals surface area contributed by atoms with E-state index in [0.29, 0.717) is 6.61 Å². The normalized spacial score (nSPS) is 44.2. The van der Waals surface area contributed by atoms with Crippen molar-refractivity contribution in [1.82, 2.24) is 0 Å². The molecular weight excluding hydrogens is 180 g/mol. The van der Waals surface area contributed by atoms with Gasteiger partial charge in [-0.1, -0.05) is 0 Å². The summed E-state index contributed by atoms with van der Waals surface area (Å²) in [5.74, 6) is -0.0000926. The number of fused-ring (bicyclic) bond motifs is 1. The zero-order valence-corrected chi connectivity index (χ0v) is 7.34. The minimum atomic E-state index is -2.99. The van der Waals surface area contributed by atoms with Crippen molar-refractivity contribution in [1.29, 1.82) is 0 Å². The molecule has 4 nitrogen and oxygen atoms in total. The van der Waals surface area contributed by atoms with Crippen molar-refractivity contribution >= 4 is 16.1 Å². The van der Waals surface area contributed by atoms with Gasteiger partial charge in [0, 0.05) is 5.92 Å². The molecule has 2 rings (SSSR count). The van der Waals surface area contributed by atoms with Crippen LogP contribution in [0.3, 0.4) is 0 Å². The monoisotopic (exact) mass is 190 g/mol. The van der Waals surface area contributed by atoms with Gasteiger partial charge in [0.05, 0.1) is 30.1 Å². The van der Waals surface area contributed by atoms with Gasteiger partial charge in [0.1, 0.15) is 6.29 Å². The number of rotatable bonds is 1. The summed E-state index contributed by atoms with van der Waals surface area (Å²) in [5, 5.41) is 0. The third-order valence-electron chi connectivity index (χ3n) is 2.68. The summed E-state index contributed by atoms with van der Waals surface area (Å²) in [6.07, 6.45) is 0.759. The van der Waals surface area contributed by atoms with E-state index >= 15 is 0 Å². The Balaban J connectivity index is 2.38. The molecule has 0 aromatic carbocycles. The van der Waals surface area contributed by atoms with Crippen LogP contribution in [0, 0.1) is 11.3 Å². The van der Waals surface area contributed by atoms with E-state index in [1.165, 1.54) is 0 Å². The van der Waals surface area contributed by atoms with Crippen LogP contribution >= 0.6 is 0 Å². The van der Waals surface area contributed by atoms with Crippen molar-refractivity contribution in [3.05, 3.63) is 0 Å². The van der Waals surface area contributed by atoms with Gasteiger partial charge < -0.3 is 9.53 Å². The van der Waals surface area contributed by atoms with Crippen molar-refractivity contribution in [2.75, 3.05) is 24.7 Å². The summed E-state index contributed by atoms with van der Waals surface area (Å²) >= 11 is 0. The number of aldehydes is 1. The first-order chi connectivity index (χ1) is 5.58. The molecule has 12 heavy (non-hydrogen) atoms. The zero-order chi connectivity index (χ0) is 8.82. The molecule has 2 unspecified atom stereocenters. The van der Waals surface area contributed by atoms with E-state index in [2.05, 4.69) is 0 Å². The highest BCUT2D eigenvalue weighted by Crippen LogP contribution is 2.40. The van der Waals surface area contributed by atoms with Crippen LogP contribution in [0.25, 0.3) is 0 Å². The fourth-order valence-electron chi connectivity index (χ4n) is 1.99. The van der Waals surface area contributed by atoms with E-state index in [9.17, 15) is 13.2 Å². The van der Waals surface area contributed by atoms with Crippen molar-refractivity contribution in [2.45, 2.75) is 0 Å². The fraction of sp³-hybridized carbons (Fsp3) is 0.857. The van der Waals surface area contributed by atoms with Gasteiger partial charge in [-0.2, -0.15) is 0 Å². The molecule has 0 radical (unpaired) electrons. The van der Waals surface area contributed by atoms with Gasteiger partial charge in [-0.05, 0) is 0 Å². The SMILES string of the molecule is O=CC12COCC1CS(=O)(=O)C2. The summed E-state index contributed by atoms with van der Waals surface area (Å²) in [5.41, 5.74) is -0.709. The maximum absolute atomic E-state index is 11.2. The molecule has 2 fully saturated rings. The van der Waals surface area contributed by atoms with E-state index in [-0.39, 0.29) is 24.0 Å². The van der Waals surface area contributed by atoms with Crippen molar-refractivity contribution < 1.29 is 17.9 Å². The molecule has 2 heterocycles. The maximum Gasteiger partial charge on any atom is 0.151 e. The minimum absolute atomic E-state index is 0.0197. The number of hydrogen-bond acceptors (Lipinski definition) is 4. The van der Waals surface area contributed by atoms with Crippen molar-refractivity contribution in [2.24, 2.45) is 11.3 Å². The molecule has 2 aliphatic heterocycles. The van der Waals surface area contributed by atoms with Crippen molar-refractivity contribution in [3.8, 4) is 0 Å². The van der Waals surface area contributed by atoms with Crippen LogP contribution in [0.1, 0.15) is 0 Å². The second-order valence-electron chi connectivity index (χ2n) is 3.62. The fourth-order valence-corrected chi connectivity index (χ4v) is 4.35. The van der Waals surface area contributed by atoms with Crippen LogP contribution in [0.2, 0.25) is 0 Å². The molecule has 0 amide bonds. The van der Waals surface area contributed by atoms with Crippen molar-refractivity contribution in [3.63, 3.8) is 0 Å². The summed E-state index contributed by atoms with van der Waals surface area (Å²) in [7, 11) is -2.99. The van der Waals surface area contributed by atoms with Gasteiger partial charge in [0.2, 0.25) is 0 Å². The molecule has 0 aromatic rings. The van der Waals surface area contributed by atoms with Gasteiger partial charge in [0.15, 0.2) is 9.84 Å². The molecule has 0 saturated carbocycles. The van der Waals surface area contributed by atoms with E-state index in [1.807, 2.05) is 0 Å². The topological polar surface area (TPSA) is 60.4 Å². The number of hydrogen-bond donors (Lipinski definition) is 0. The average Bonchev–Trinajstić information content (AvgIpc) is 2.40. The van der Waals surface area contributed by atoms with E-state index < -0.39 is 15.3 Å². The molecule has 2 atom stereocenters. The lowest BCUT2D eigenvalue weighted by Crippen LogP contribution is -2.30. The van der Waals surface area contributed by atoms with Crippen LogP contribution in [-0.4, -0.2) is 39.4 Å². The molecular formula is C7H10O4S. The number of carbonyl (C=O) groups is 1. The molecule has 0 spiro atoms. The van der Waals surface area contributed by atoms with E-state index in [4.69, 9.17) is 4.74 Å². The molecule has 68 valence electrons. The molecule has 5 heteroatoms. The second kappa shape index (κ2) is 2.29. The molecule has 0 aliphatic carbocycles. The molecule has 2 saturated heterocycles. The molecule has 2 aliphatic rings. The van der Waals surface area contributed by atoms with Gasteiger partial charge in [-0.15, -0.1) is 0 Å². The highest BCUT2D eigenvalue weighted by atomic mass is 32.2. The first-order valence-corrected chi connectivity index (χ1v) is 5.65. The Morgan fingerprint density at radius 2 is 2.25 bits per heavy atom. The Kier molecular flexibility index (Phi) is 1.56. The quantitative estimate of drug-likeness (QED) is 0.510. The van der Waals surface area contributed by atoms with Crippen LogP contribution in [0.15, 0.2) is 0 Å². The Labute approximate surface area is 70.8 Å². The highest BCUT2D eigenvalue weighted by molar-refractivity contribution is 7.91. The zero-order valence-electron chi connectivity index (χ0n) is 6.52. The average molecular weight is 190 g/mol. The van der Waals surface area contributed by atoms with Gasteiger partial charge >= 0.3 is 0 Å². The smallest absolute Gasteiger partial charge is 0.151 e. The Morgan fingerprint density at radius 3 is 2.83 bits per heavy atom. The third-order valence-corrected chi connectivity index (χ3v) is 4.57. The molecule has 0 bridgehead atoms. The van der Waals surface area contributed by atoms with Gasteiger partial charge in [-0.25, -0.2) is 8.42 Å². The number of ether oxygens (including phenoxy) is 1. The van der Waals surface area contributed by atoms with Crippen LogP contribution in [-0.2, 0) is 19.4 Å². The number of sulfone groups is 1. The molecule has 0 N–H and O–H groups in total. The Morgan fingerprint density at radius 1 is 1.50 bits per heavy atom. The lowest BCUT2D eigenvalue weighted by atomic mass is 9.83. The lowest BCUT2D eigenvalue weighted by molar-refractivity contribution is -0.116. The third kappa shape index (κ3) is 0.998. The minimum Gasteiger partial charge on any atom is -0.380 e. The van der Waals surface area contributed by atoms with Gasteiger partial charge in [0.25, 0.3) is 0 Å². The first-order valence-electron chi connectivity index (χ1n) is 3.82. The maximum atomic E-state index is 11.2. The predicted molar refractivity (Wildman–Crippen MR) is 41.5 cm³/mol. The predicted octanol–water partition coefficient (Wildman–Crippen LogP) is -0.753. The van der Waals surface area contributed by atoms with Gasteiger partial charge in [-0.3, -0.25) is 0 Å². The van der Waals surface area contributed by atoms with E-state index in [1.54, 1.807) is 0 Å². The summed E-state index contributed by atoms with van der Waals surface area (Å²) in [4.78, 5) is 10.8. The highest BCUT2D eigenvalue weighted by Gasteiger charge is 2.54.